The molecule has 0 saturated carbocycles. The average molecular weight is 413 g/mol. The van der Waals surface area contributed by atoms with Crippen LogP contribution in [0.4, 0.5) is 26.0 Å². The summed E-state index contributed by atoms with van der Waals surface area (Å²) in [5.41, 5.74) is 6.67. The van der Waals surface area contributed by atoms with Crippen molar-refractivity contribution in [3.05, 3.63) is 114 Å². The molecule has 0 fully saturated rings. The number of hydrogen-bond acceptors (Lipinski definition) is 4. The molecule has 2 heterocycles. The predicted octanol–water partition coefficient (Wildman–Crippen LogP) is 6.11. The lowest BCUT2D eigenvalue weighted by atomic mass is 10.3. The van der Waals surface area contributed by atoms with E-state index in [0.29, 0.717) is 10.8 Å². The van der Waals surface area contributed by atoms with Gasteiger partial charge in [0.1, 0.15) is 22.6 Å². The van der Waals surface area contributed by atoms with E-state index in [2.05, 4.69) is 15.3 Å². The summed E-state index contributed by atoms with van der Waals surface area (Å²) in [4.78, 5) is 7.84. The van der Waals surface area contributed by atoms with Crippen LogP contribution in [0.15, 0.2) is 97.3 Å². The van der Waals surface area contributed by atoms with Crippen LogP contribution in [0.2, 0.25) is 5.15 Å². The lowest BCUT2D eigenvalue weighted by Crippen LogP contribution is -1.91. The van der Waals surface area contributed by atoms with Gasteiger partial charge >= 0.3 is 0 Å². The van der Waals surface area contributed by atoms with Crippen molar-refractivity contribution in [3.63, 3.8) is 0 Å². The Kier molecular flexibility index (Phi) is 9.05. The van der Waals surface area contributed by atoms with Gasteiger partial charge in [0.05, 0.1) is 0 Å². The van der Waals surface area contributed by atoms with Crippen LogP contribution in [0, 0.1) is 11.6 Å². The minimum Gasteiger partial charge on any atom is -0.399 e. The zero-order chi connectivity index (χ0) is 20.9. The zero-order valence-electron chi connectivity index (χ0n) is 15.3. The molecule has 0 spiro atoms. The number of hydrogen-bond donors (Lipinski definition) is 2. The van der Waals surface area contributed by atoms with Gasteiger partial charge in [-0.2, -0.15) is 0 Å². The van der Waals surface area contributed by atoms with Gasteiger partial charge in [0.15, 0.2) is 0 Å². The second-order valence-corrected chi connectivity index (χ2v) is 5.94. The van der Waals surface area contributed by atoms with Gasteiger partial charge in [-0.05, 0) is 72.8 Å². The summed E-state index contributed by atoms with van der Waals surface area (Å²) < 4.78 is 24.6. The average Bonchev–Trinajstić information content (AvgIpc) is 2.74. The SMILES string of the molecule is Clc1ccccn1.Fc1ccc(Nc2ccccn2)cc1.Nc1ccc(F)cc1. The van der Waals surface area contributed by atoms with Crippen molar-refractivity contribution in [1.82, 2.24) is 9.97 Å². The second kappa shape index (κ2) is 12.0. The summed E-state index contributed by atoms with van der Waals surface area (Å²) >= 11 is 5.43. The molecule has 4 aromatic rings. The molecule has 0 bridgehead atoms. The second-order valence-electron chi connectivity index (χ2n) is 5.55. The molecule has 29 heavy (non-hydrogen) atoms. The minimum atomic E-state index is -0.251. The van der Waals surface area contributed by atoms with Crippen molar-refractivity contribution in [2.75, 3.05) is 11.1 Å². The summed E-state index contributed by atoms with van der Waals surface area (Å²) in [6.45, 7) is 0. The largest absolute Gasteiger partial charge is 0.399 e. The third-order valence-electron chi connectivity index (χ3n) is 3.28. The summed E-state index contributed by atoms with van der Waals surface area (Å²) in [5.74, 6) is 0.259. The Bertz CT molecular complexity index is 930. The summed E-state index contributed by atoms with van der Waals surface area (Å²) in [6.07, 6.45) is 3.36. The molecule has 4 rings (SSSR count). The van der Waals surface area contributed by atoms with E-state index >= 15 is 0 Å². The molecule has 7 heteroatoms. The van der Waals surface area contributed by atoms with E-state index in [0.717, 1.165) is 11.5 Å². The molecule has 0 atom stereocenters. The highest BCUT2D eigenvalue weighted by Crippen LogP contribution is 2.13. The number of aromatic nitrogens is 2. The molecule has 0 aliphatic heterocycles. The van der Waals surface area contributed by atoms with Crippen molar-refractivity contribution in [2.45, 2.75) is 0 Å². The van der Waals surface area contributed by atoms with E-state index in [1.807, 2.05) is 30.3 Å². The van der Waals surface area contributed by atoms with Crippen LogP contribution in [0.25, 0.3) is 0 Å². The Balaban J connectivity index is 0.000000170. The number of nitrogens with two attached hydrogens (primary N) is 1. The van der Waals surface area contributed by atoms with Crippen molar-refractivity contribution in [1.29, 1.82) is 0 Å². The molecular weight excluding hydrogens is 394 g/mol. The van der Waals surface area contributed by atoms with Crippen molar-refractivity contribution in [2.24, 2.45) is 0 Å². The molecule has 2 aromatic heterocycles. The number of anilines is 3. The van der Waals surface area contributed by atoms with E-state index in [1.54, 1.807) is 30.6 Å². The number of nitrogens with zero attached hydrogens (tertiary/aromatic N) is 2. The van der Waals surface area contributed by atoms with Crippen LogP contribution in [0.5, 0.6) is 0 Å². The molecule has 148 valence electrons. The van der Waals surface area contributed by atoms with Crippen molar-refractivity contribution >= 4 is 28.8 Å². The van der Waals surface area contributed by atoms with Crippen LogP contribution in [-0.2, 0) is 0 Å². The molecule has 0 aliphatic carbocycles. The van der Waals surface area contributed by atoms with Crippen LogP contribution >= 0.6 is 11.6 Å². The van der Waals surface area contributed by atoms with E-state index < -0.39 is 0 Å². The van der Waals surface area contributed by atoms with Crippen LogP contribution in [-0.4, -0.2) is 9.97 Å². The smallest absolute Gasteiger partial charge is 0.130 e. The molecule has 3 N–H and O–H groups in total. The summed E-state index contributed by atoms with van der Waals surface area (Å²) in [7, 11) is 0. The maximum Gasteiger partial charge on any atom is 0.130 e. The van der Waals surface area contributed by atoms with Crippen molar-refractivity contribution < 1.29 is 8.78 Å². The molecule has 4 nitrogen and oxygen atoms in total. The first-order valence-electron chi connectivity index (χ1n) is 8.54. The first kappa shape index (κ1) is 21.8. The molecule has 0 radical (unpaired) electrons. The van der Waals surface area contributed by atoms with Crippen LogP contribution < -0.4 is 11.1 Å². The highest BCUT2D eigenvalue weighted by atomic mass is 35.5. The van der Waals surface area contributed by atoms with Gasteiger partial charge in [-0.25, -0.2) is 18.7 Å². The predicted molar refractivity (Wildman–Crippen MR) is 114 cm³/mol. The van der Waals surface area contributed by atoms with Crippen molar-refractivity contribution in [3.8, 4) is 0 Å². The number of halogens is 3. The lowest BCUT2D eigenvalue weighted by molar-refractivity contribution is 0.627. The highest BCUT2D eigenvalue weighted by molar-refractivity contribution is 6.29. The molecular formula is C22H19ClF2N4. The third kappa shape index (κ3) is 9.30. The molecule has 0 amide bonds. The number of pyridine rings is 2. The number of rotatable bonds is 2. The Morgan fingerprint density at radius 2 is 1.24 bits per heavy atom. The van der Waals surface area contributed by atoms with Gasteiger partial charge in [-0.15, -0.1) is 0 Å². The Labute approximate surface area is 173 Å². The Morgan fingerprint density at radius 1 is 0.690 bits per heavy atom. The fraction of sp³-hybridized carbons (Fsp3) is 0. The van der Waals surface area contributed by atoms with E-state index in [1.165, 1.54) is 36.4 Å². The van der Waals surface area contributed by atoms with Gasteiger partial charge in [0.2, 0.25) is 0 Å². The van der Waals surface area contributed by atoms with E-state index in [9.17, 15) is 8.78 Å². The van der Waals surface area contributed by atoms with E-state index in [-0.39, 0.29) is 11.6 Å². The Hall–Kier alpha value is -3.51. The number of nitrogens with one attached hydrogen (secondary N) is 1. The van der Waals surface area contributed by atoms with Gasteiger partial charge < -0.3 is 11.1 Å². The third-order valence-corrected chi connectivity index (χ3v) is 3.50. The lowest BCUT2D eigenvalue weighted by Gasteiger charge is -2.03. The van der Waals surface area contributed by atoms with Gasteiger partial charge in [0, 0.05) is 23.8 Å². The maximum atomic E-state index is 12.6. The summed E-state index contributed by atoms with van der Waals surface area (Å²) in [5, 5.41) is 3.60. The molecule has 0 saturated heterocycles. The molecule has 0 unspecified atom stereocenters. The molecule has 2 aromatic carbocycles. The molecule has 0 aliphatic rings. The van der Waals surface area contributed by atoms with Gasteiger partial charge in [0.25, 0.3) is 0 Å². The number of benzene rings is 2. The number of nitrogen functional groups attached to an aromatic ring is 1. The Morgan fingerprint density at radius 3 is 1.66 bits per heavy atom. The van der Waals surface area contributed by atoms with Gasteiger partial charge in [-0.3, -0.25) is 0 Å². The minimum absolute atomic E-state index is 0.239. The summed E-state index contributed by atoms with van der Waals surface area (Å²) in [6, 6.07) is 22.8. The van der Waals surface area contributed by atoms with Gasteiger partial charge in [-0.1, -0.05) is 23.7 Å². The fourth-order valence-corrected chi connectivity index (χ4v) is 2.05. The van der Waals surface area contributed by atoms with Crippen LogP contribution in [0.1, 0.15) is 0 Å². The topological polar surface area (TPSA) is 63.8 Å². The standard InChI is InChI=1S/C11H9FN2.C6H6FN.C5H4ClN/c12-9-4-6-10(7-5-9)14-11-3-1-2-8-13-11;7-5-1-3-6(8)4-2-5;6-5-3-1-2-4-7-5/h1-8H,(H,13,14);1-4H,8H2;1-4H. The normalized spacial score (nSPS) is 9.34. The zero-order valence-corrected chi connectivity index (χ0v) is 16.1. The quantitative estimate of drug-likeness (QED) is 0.308. The van der Waals surface area contributed by atoms with E-state index in [4.69, 9.17) is 17.3 Å². The highest BCUT2D eigenvalue weighted by Gasteiger charge is 1.94. The first-order chi connectivity index (χ1) is 14.0. The van der Waals surface area contributed by atoms with Crippen LogP contribution in [0.3, 0.4) is 0 Å². The monoisotopic (exact) mass is 412 g/mol. The fourth-order valence-electron chi connectivity index (χ4n) is 1.92. The maximum absolute atomic E-state index is 12.6. The first-order valence-corrected chi connectivity index (χ1v) is 8.92.